The number of nitriles is 1. The van der Waals surface area contributed by atoms with Crippen LogP contribution in [0, 0.1) is 11.3 Å². The van der Waals surface area contributed by atoms with Gasteiger partial charge in [-0.1, -0.05) is 30.3 Å². The van der Waals surface area contributed by atoms with Crippen molar-refractivity contribution >= 4 is 5.69 Å². The van der Waals surface area contributed by atoms with Gasteiger partial charge in [-0.05, 0) is 35.7 Å². The van der Waals surface area contributed by atoms with Crippen LogP contribution in [0.5, 0.6) is 0 Å². The first-order chi connectivity index (χ1) is 9.76. The molecular formula is C17H17N3. The van der Waals surface area contributed by atoms with E-state index in [2.05, 4.69) is 35.2 Å². The van der Waals surface area contributed by atoms with E-state index in [1.54, 1.807) is 0 Å². The molecule has 0 saturated heterocycles. The Morgan fingerprint density at radius 1 is 1.20 bits per heavy atom. The molecule has 100 valence electrons. The Bertz CT molecular complexity index is 643. The molecule has 1 heterocycles. The predicted octanol–water partition coefficient (Wildman–Crippen LogP) is 2.45. The van der Waals surface area contributed by atoms with Crippen molar-refractivity contribution in [2.75, 3.05) is 11.4 Å². The van der Waals surface area contributed by atoms with E-state index < -0.39 is 0 Å². The first kappa shape index (κ1) is 12.7. The Hall–Kier alpha value is -2.31. The second-order valence-corrected chi connectivity index (χ2v) is 5.29. The van der Waals surface area contributed by atoms with Gasteiger partial charge >= 0.3 is 0 Å². The van der Waals surface area contributed by atoms with Crippen molar-refractivity contribution in [3.8, 4) is 6.07 Å². The van der Waals surface area contributed by atoms with Crippen molar-refractivity contribution in [1.82, 2.24) is 0 Å². The van der Waals surface area contributed by atoms with Gasteiger partial charge in [0.25, 0.3) is 0 Å². The Kier molecular flexibility index (Phi) is 3.41. The van der Waals surface area contributed by atoms with E-state index in [9.17, 15) is 0 Å². The Balaban J connectivity index is 1.92. The molecule has 2 N–H and O–H groups in total. The number of benzene rings is 2. The molecule has 1 aliphatic heterocycles. The zero-order valence-corrected chi connectivity index (χ0v) is 11.3. The highest BCUT2D eigenvalue weighted by molar-refractivity contribution is 5.59. The third-order valence-electron chi connectivity index (χ3n) is 3.70. The van der Waals surface area contributed by atoms with Crippen LogP contribution in [0.4, 0.5) is 5.69 Å². The number of rotatable bonds is 2. The van der Waals surface area contributed by atoms with Crippen molar-refractivity contribution in [3.05, 3.63) is 65.2 Å². The Morgan fingerprint density at radius 3 is 2.75 bits per heavy atom. The van der Waals surface area contributed by atoms with Gasteiger partial charge < -0.3 is 10.6 Å². The summed E-state index contributed by atoms with van der Waals surface area (Å²) in [7, 11) is 0. The number of hydrogen-bond acceptors (Lipinski definition) is 3. The van der Waals surface area contributed by atoms with Crippen molar-refractivity contribution in [1.29, 1.82) is 5.26 Å². The van der Waals surface area contributed by atoms with E-state index in [0.29, 0.717) is 5.56 Å². The zero-order valence-electron chi connectivity index (χ0n) is 11.3. The van der Waals surface area contributed by atoms with Gasteiger partial charge in [0.15, 0.2) is 0 Å². The van der Waals surface area contributed by atoms with Crippen LogP contribution in [0.2, 0.25) is 0 Å². The molecule has 3 nitrogen and oxygen atoms in total. The van der Waals surface area contributed by atoms with Gasteiger partial charge in [-0.15, -0.1) is 0 Å². The lowest BCUT2D eigenvalue weighted by molar-refractivity contribution is 0.598. The molecule has 3 heteroatoms. The summed E-state index contributed by atoms with van der Waals surface area (Å²) in [6.45, 7) is 1.71. The molecule has 0 aliphatic carbocycles. The van der Waals surface area contributed by atoms with E-state index >= 15 is 0 Å². The fraction of sp³-hybridized carbons (Fsp3) is 0.235. The lowest BCUT2D eigenvalue weighted by atomic mass is 9.96. The van der Waals surface area contributed by atoms with Crippen LogP contribution in [-0.4, -0.2) is 12.6 Å². The van der Waals surface area contributed by atoms with Crippen LogP contribution in [0.15, 0.2) is 48.5 Å². The van der Waals surface area contributed by atoms with Crippen LogP contribution in [0.1, 0.15) is 16.7 Å². The van der Waals surface area contributed by atoms with Crippen molar-refractivity contribution < 1.29 is 0 Å². The summed E-state index contributed by atoms with van der Waals surface area (Å²) in [5.41, 5.74) is 10.5. The highest BCUT2D eigenvalue weighted by Gasteiger charge is 2.22. The SMILES string of the molecule is N#Cc1ccc2c(c1)CC(N)CN2Cc1ccccc1. The molecule has 1 unspecified atom stereocenters. The summed E-state index contributed by atoms with van der Waals surface area (Å²) in [5.74, 6) is 0. The van der Waals surface area contributed by atoms with Gasteiger partial charge in [-0.3, -0.25) is 0 Å². The van der Waals surface area contributed by atoms with Crippen LogP contribution in [0.25, 0.3) is 0 Å². The van der Waals surface area contributed by atoms with E-state index in [1.165, 1.54) is 16.8 Å². The number of hydrogen-bond donors (Lipinski definition) is 1. The minimum Gasteiger partial charge on any atom is -0.365 e. The zero-order chi connectivity index (χ0) is 13.9. The molecule has 2 aromatic carbocycles. The quantitative estimate of drug-likeness (QED) is 0.905. The van der Waals surface area contributed by atoms with Crippen molar-refractivity contribution in [2.45, 2.75) is 19.0 Å². The van der Waals surface area contributed by atoms with Gasteiger partial charge in [0, 0.05) is 24.8 Å². The lowest BCUT2D eigenvalue weighted by Crippen LogP contribution is -2.42. The third-order valence-corrected chi connectivity index (χ3v) is 3.70. The van der Waals surface area contributed by atoms with Crippen molar-refractivity contribution in [2.24, 2.45) is 5.73 Å². The molecule has 2 aromatic rings. The second kappa shape index (κ2) is 5.36. The van der Waals surface area contributed by atoms with Gasteiger partial charge in [0.2, 0.25) is 0 Å². The standard InChI is InChI=1S/C17H17N3/c18-10-14-6-7-17-15(8-14)9-16(19)12-20(17)11-13-4-2-1-3-5-13/h1-8,16H,9,11-12,19H2. The number of nitrogens with two attached hydrogens (primary N) is 1. The van der Waals surface area contributed by atoms with Crippen LogP contribution in [0.3, 0.4) is 0 Å². The monoisotopic (exact) mass is 263 g/mol. The smallest absolute Gasteiger partial charge is 0.0991 e. The second-order valence-electron chi connectivity index (χ2n) is 5.29. The molecule has 1 aliphatic rings. The maximum absolute atomic E-state index is 9.01. The summed E-state index contributed by atoms with van der Waals surface area (Å²) in [6, 6.07) is 18.6. The molecular weight excluding hydrogens is 246 g/mol. The Labute approximate surface area is 119 Å². The van der Waals surface area contributed by atoms with Crippen LogP contribution < -0.4 is 10.6 Å². The number of nitrogens with zero attached hydrogens (tertiary/aromatic N) is 2. The third kappa shape index (κ3) is 2.52. The largest absolute Gasteiger partial charge is 0.365 e. The highest BCUT2D eigenvalue weighted by Crippen LogP contribution is 2.28. The molecule has 3 rings (SSSR count). The summed E-state index contributed by atoms with van der Waals surface area (Å²) in [6.07, 6.45) is 0.843. The van der Waals surface area contributed by atoms with Crippen LogP contribution in [-0.2, 0) is 13.0 Å². The minimum atomic E-state index is 0.125. The molecule has 0 aromatic heterocycles. The number of fused-ring (bicyclic) bond motifs is 1. The van der Waals surface area contributed by atoms with E-state index in [-0.39, 0.29) is 6.04 Å². The van der Waals surface area contributed by atoms with Gasteiger partial charge in [-0.25, -0.2) is 0 Å². The minimum absolute atomic E-state index is 0.125. The average molecular weight is 263 g/mol. The normalized spacial score (nSPS) is 17.4. The molecule has 0 radical (unpaired) electrons. The summed E-state index contributed by atoms with van der Waals surface area (Å²) >= 11 is 0. The highest BCUT2D eigenvalue weighted by atomic mass is 15.2. The van der Waals surface area contributed by atoms with E-state index in [0.717, 1.165) is 19.5 Å². The predicted molar refractivity (Wildman–Crippen MR) is 80.3 cm³/mol. The molecule has 0 spiro atoms. The molecule has 0 fully saturated rings. The number of anilines is 1. The van der Waals surface area contributed by atoms with E-state index in [4.69, 9.17) is 11.0 Å². The van der Waals surface area contributed by atoms with Crippen LogP contribution >= 0.6 is 0 Å². The average Bonchev–Trinajstić information content (AvgIpc) is 2.47. The molecule has 0 amide bonds. The summed E-state index contributed by atoms with van der Waals surface area (Å²) in [5, 5.41) is 9.01. The van der Waals surface area contributed by atoms with Gasteiger partial charge in [0.1, 0.15) is 0 Å². The maximum atomic E-state index is 9.01. The van der Waals surface area contributed by atoms with Gasteiger partial charge in [-0.2, -0.15) is 5.26 Å². The van der Waals surface area contributed by atoms with E-state index in [1.807, 2.05) is 24.3 Å². The Morgan fingerprint density at radius 2 is 2.00 bits per heavy atom. The maximum Gasteiger partial charge on any atom is 0.0991 e. The first-order valence-corrected chi connectivity index (χ1v) is 6.84. The van der Waals surface area contributed by atoms with Gasteiger partial charge in [0.05, 0.1) is 11.6 Å². The fourth-order valence-electron chi connectivity index (χ4n) is 2.81. The molecule has 1 atom stereocenters. The molecule has 20 heavy (non-hydrogen) atoms. The fourth-order valence-corrected chi connectivity index (χ4v) is 2.81. The summed E-state index contributed by atoms with van der Waals surface area (Å²) < 4.78 is 0. The van der Waals surface area contributed by atoms with Crippen molar-refractivity contribution in [3.63, 3.8) is 0 Å². The lowest BCUT2D eigenvalue weighted by Gasteiger charge is -2.35. The summed E-state index contributed by atoms with van der Waals surface area (Å²) in [4.78, 5) is 2.31. The molecule has 0 saturated carbocycles. The first-order valence-electron chi connectivity index (χ1n) is 6.84. The molecule has 0 bridgehead atoms. The topological polar surface area (TPSA) is 53.1 Å².